The summed E-state index contributed by atoms with van der Waals surface area (Å²) in [6.07, 6.45) is 0.652. The Morgan fingerprint density at radius 3 is 2.71 bits per heavy atom. The Bertz CT molecular complexity index is 982. The van der Waals surface area contributed by atoms with E-state index in [0.29, 0.717) is 12.3 Å². The number of benzene rings is 1. The fourth-order valence-corrected chi connectivity index (χ4v) is 3.34. The third-order valence-electron chi connectivity index (χ3n) is 3.77. The summed E-state index contributed by atoms with van der Waals surface area (Å²) in [5.41, 5.74) is 3.05. The first kappa shape index (κ1) is 15.3. The Balaban J connectivity index is 1.66. The monoisotopic (exact) mass is 358 g/mol. The van der Waals surface area contributed by atoms with E-state index >= 15 is 0 Å². The topological polar surface area (TPSA) is 71.8 Å². The van der Waals surface area contributed by atoms with Crippen molar-refractivity contribution in [3.05, 3.63) is 52.4 Å². The van der Waals surface area contributed by atoms with Gasteiger partial charge in [0.1, 0.15) is 5.69 Å². The summed E-state index contributed by atoms with van der Waals surface area (Å²) >= 11 is 7.41. The van der Waals surface area contributed by atoms with Crippen LogP contribution in [0.4, 0.5) is 0 Å². The minimum Gasteiger partial charge on any atom is -0.282 e. The van der Waals surface area contributed by atoms with Crippen LogP contribution in [0, 0.1) is 0 Å². The average Bonchev–Trinajstić information content (AvgIpc) is 3.25. The van der Waals surface area contributed by atoms with Crippen molar-refractivity contribution in [1.29, 1.82) is 0 Å². The molecule has 0 unspecified atom stereocenters. The molecule has 0 saturated heterocycles. The molecule has 8 heteroatoms. The van der Waals surface area contributed by atoms with Crippen LogP contribution >= 0.6 is 22.9 Å². The van der Waals surface area contributed by atoms with Gasteiger partial charge in [0.25, 0.3) is 0 Å². The highest BCUT2D eigenvalue weighted by Crippen LogP contribution is 2.26. The number of halogens is 1. The summed E-state index contributed by atoms with van der Waals surface area (Å²) in [5, 5.41) is 22.1. The van der Waals surface area contributed by atoms with E-state index in [9.17, 15) is 0 Å². The molecule has 3 aromatic heterocycles. The van der Waals surface area contributed by atoms with Gasteiger partial charge in [-0.2, -0.15) is 14.7 Å². The van der Waals surface area contributed by atoms with Gasteiger partial charge < -0.3 is 0 Å². The lowest BCUT2D eigenvalue weighted by Crippen LogP contribution is -1.97. The second-order valence-corrected chi connectivity index (χ2v) is 7.28. The van der Waals surface area contributed by atoms with E-state index in [2.05, 4.69) is 39.3 Å². The summed E-state index contributed by atoms with van der Waals surface area (Å²) in [6.45, 7) is 4.25. The summed E-state index contributed by atoms with van der Waals surface area (Å²) in [4.78, 5) is 0.767. The lowest BCUT2D eigenvalue weighted by molar-refractivity contribution is 0.810. The van der Waals surface area contributed by atoms with Gasteiger partial charge in [-0.15, -0.1) is 10.2 Å². The number of nitrogens with one attached hydrogen (secondary N) is 1. The lowest BCUT2D eigenvalue weighted by Gasteiger charge is -1.98. The van der Waals surface area contributed by atoms with Gasteiger partial charge in [0.2, 0.25) is 4.96 Å². The molecular formula is C16H15ClN6S. The van der Waals surface area contributed by atoms with Gasteiger partial charge in [0, 0.05) is 17.1 Å². The van der Waals surface area contributed by atoms with Crippen molar-refractivity contribution in [2.24, 2.45) is 0 Å². The van der Waals surface area contributed by atoms with Gasteiger partial charge in [-0.1, -0.05) is 48.9 Å². The smallest absolute Gasteiger partial charge is 0.235 e. The molecule has 0 aliphatic carbocycles. The largest absolute Gasteiger partial charge is 0.282 e. The lowest BCUT2D eigenvalue weighted by atomic mass is 10.1. The minimum absolute atomic E-state index is 0.400. The fraction of sp³-hybridized carbons (Fsp3) is 0.250. The summed E-state index contributed by atoms with van der Waals surface area (Å²) in [5.74, 6) is 1.20. The first-order valence-electron chi connectivity index (χ1n) is 7.61. The van der Waals surface area contributed by atoms with Crippen LogP contribution in [0.15, 0.2) is 30.3 Å². The molecule has 4 rings (SSSR count). The van der Waals surface area contributed by atoms with Crippen LogP contribution in [0.1, 0.15) is 36.8 Å². The van der Waals surface area contributed by atoms with Crippen molar-refractivity contribution in [3.8, 4) is 10.7 Å². The number of hydrogen-bond acceptors (Lipinski definition) is 5. The van der Waals surface area contributed by atoms with Crippen molar-refractivity contribution in [2.45, 2.75) is 26.2 Å². The molecule has 0 spiro atoms. The maximum absolute atomic E-state index is 5.93. The first-order valence-corrected chi connectivity index (χ1v) is 8.81. The van der Waals surface area contributed by atoms with E-state index < -0.39 is 0 Å². The molecule has 6 nitrogen and oxygen atoms in total. The summed E-state index contributed by atoms with van der Waals surface area (Å²) in [7, 11) is 0. The first-order chi connectivity index (χ1) is 11.6. The molecule has 4 aromatic rings. The predicted molar refractivity (Wildman–Crippen MR) is 94.6 cm³/mol. The van der Waals surface area contributed by atoms with Crippen LogP contribution in [0.3, 0.4) is 0 Å². The van der Waals surface area contributed by atoms with Gasteiger partial charge in [-0.3, -0.25) is 5.10 Å². The molecule has 0 amide bonds. The van der Waals surface area contributed by atoms with E-state index in [1.165, 1.54) is 11.3 Å². The molecule has 24 heavy (non-hydrogen) atoms. The van der Waals surface area contributed by atoms with Crippen LogP contribution in [-0.4, -0.2) is 30.0 Å². The number of aromatic amines is 1. The quantitative estimate of drug-likeness (QED) is 0.599. The highest BCUT2D eigenvalue weighted by molar-refractivity contribution is 7.19. The predicted octanol–water partition coefficient (Wildman–Crippen LogP) is 3.94. The molecule has 3 heterocycles. The number of nitrogens with zero attached hydrogens (tertiary/aromatic N) is 5. The van der Waals surface area contributed by atoms with Crippen LogP contribution in [0.2, 0.25) is 5.02 Å². The van der Waals surface area contributed by atoms with E-state index in [4.69, 9.17) is 11.6 Å². The molecule has 0 aliphatic rings. The number of fused-ring (bicyclic) bond motifs is 1. The zero-order valence-corrected chi connectivity index (χ0v) is 14.8. The number of hydrogen-bond donors (Lipinski definition) is 1. The Hall–Kier alpha value is -2.25. The SMILES string of the molecule is CC(C)c1cc(-c2nn3c(Cc4ccc(Cl)cc4)nnc3s2)n[nH]1. The second-order valence-electron chi connectivity index (χ2n) is 5.88. The zero-order chi connectivity index (χ0) is 16.7. The van der Waals surface area contributed by atoms with Crippen molar-refractivity contribution >= 4 is 27.9 Å². The zero-order valence-electron chi connectivity index (χ0n) is 13.2. The second kappa shape index (κ2) is 5.99. The minimum atomic E-state index is 0.400. The third-order valence-corrected chi connectivity index (χ3v) is 4.94. The molecule has 1 aromatic carbocycles. The van der Waals surface area contributed by atoms with Crippen molar-refractivity contribution in [3.63, 3.8) is 0 Å². The maximum Gasteiger partial charge on any atom is 0.235 e. The van der Waals surface area contributed by atoms with Crippen LogP contribution < -0.4 is 0 Å². The standard InChI is InChI=1S/C16H15ClN6S/c1-9(2)12-8-13(19-18-12)15-22-23-14(20-21-16(23)24-15)7-10-3-5-11(17)6-4-10/h3-6,8-9H,7H2,1-2H3,(H,18,19). The van der Waals surface area contributed by atoms with Gasteiger partial charge in [0.15, 0.2) is 10.8 Å². The van der Waals surface area contributed by atoms with E-state index in [1.54, 1.807) is 4.52 Å². The number of aromatic nitrogens is 6. The van der Waals surface area contributed by atoms with Crippen molar-refractivity contribution < 1.29 is 0 Å². The Kier molecular flexibility index (Phi) is 3.82. The van der Waals surface area contributed by atoms with Gasteiger partial charge >= 0.3 is 0 Å². The molecule has 0 atom stereocenters. The summed E-state index contributed by atoms with van der Waals surface area (Å²) in [6, 6.07) is 9.76. The maximum atomic E-state index is 5.93. The Morgan fingerprint density at radius 2 is 2.00 bits per heavy atom. The molecule has 0 bridgehead atoms. The molecule has 0 radical (unpaired) electrons. The number of H-pyrrole nitrogens is 1. The average molecular weight is 359 g/mol. The number of rotatable bonds is 4. The molecule has 122 valence electrons. The van der Waals surface area contributed by atoms with Crippen LogP contribution in [0.25, 0.3) is 15.7 Å². The Labute approximate surface area is 147 Å². The third kappa shape index (κ3) is 2.81. The van der Waals surface area contributed by atoms with E-state index in [0.717, 1.165) is 37.8 Å². The molecule has 0 saturated carbocycles. The fourth-order valence-electron chi connectivity index (χ4n) is 2.40. The van der Waals surface area contributed by atoms with Crippen LogP contribution in [-0.2, 0) is 6.42 Å². The van der Waals surface area contributed by atoms with Gasteiger partial charge in [0.05, 0.1) is 0 Å². The molecule has 0 aliphatic heterocycles. The van der Waals surface area contributed by atoms with E-state index in [-0.39, 0.29) is 0 Å². The summed E-state index contributed by atoms with van der Waals surface area (Å²) < 4.78 is 1.79. The van der Waals surface area contributed by atoms with E-state index in [1.807, 2.05) is 30.3 Å². The molecular weight excluding hydrogens is 344 g/mol. The molecule has 1 N–H and O–H groups in total. The molecule has 0 fully saturated rings. The van der Waals surface area contributed by atoms with Crippen molar-refractivity contribution in [1.82, 2.24) is 30.0 Å². The van der Waals surface area contributed by atoms with Crippen molar-refractivity contribution in [2.75, 3.05) is 0 Å². The van der Waals surface area contributed by atoms with Gasteiger partial charge in [-0.05, 0) is 29.7 Å². The Morgan fingerprint density at radius 1 is 1.21 bits per heavy atom. The van der Waals surface area contributed by atoms with Crippen LogP contribution in [0.5, 0.6) is 0 Å². The highest BCUT2D eigenvalue weighted by atomic mass is 35.5. The normalized spacial score (nSPS) is 11.7. The highest BCUT2D eigenvalue weighted by Gasteiger charge is 2.16. The van der Waals surface area contributed by atoms with Gasteiger partial charge in [-0.25, -0.2) is 0 Å².